The fourth-order valence-electron chi connectivity index (χ4n) is 1.64. The minimum atomic E-state index is 0.793. The monoisotopic (exact) mass is 183 g/mol. The van der Waals surface area contributed by atoms with Crippen molar-refractivity contribution in [2.24, 2.45) is 10.7 Å². The van der Waals surface area contributed by atoms with Crippen molar-refractivity contribution < 1.29 is 0 Å². The first-order valence-electron chi connectivity index (χ1n) is 5.34. The molecule has 1 fully saturated rings. The summed E-state index contributed by atoms with van der Waals surface area (Å²) in [5.41, 5.74) is 5.60. The average molecular weight is 183 g/mol. The third-order valence-corrected chi connectivity index (χ3v) is 2.51. The second-order valence-electron chi connectivity index (χ2n) is 3.63. The van der Waals surface area contributed by atoms with Gasteiger partial charge in [-0.15, -0.1) is 0 Å². The van der Waals surface area contributed by atoms with Crippen LogP contribution in [0.2, 0.25) is 0 Å². The highest BCUT2D eigenvalue weighted by Gasteiger charge is 2.09. The molecule has 0 radical (unpaired) electrons. The molecular formula is C10H21N3. The largest absolute Gasteiger partial charge is 0.387 e. The van der Waals surface area contributed by atoms with Crippen molar-refractivity contribution in [1.82, 2.24) is 4.90 Å². The van der Waals surface area contributed by atoms with E-state index >= 15 is 0 Å². The summed E-state index contributed by atoms with van der Waals surface area (Å²) >= 11 is 0. The van der Waals surface area contributed by atoms with Crippen LogP contribution in [-0.2, 0) is 0 Å². The molecule has 0 amide bonds. The fraction of sp³-hybridized carbons (Fsp3) is 0.900. The molecule has 0 bridgehead atoms. The molecule has 2 N–H and O–H groups in total. The van der Waals surface area contributed by atoms with Gasteiger partial charge in [-0.05, 0) is 38.9 Å². The average Bonchev–Trinajstić information content (AvgIpc) is 2.64. The van der Waals surface area contributed by atoms with Gasteiger partial charge < -0.3 is 10.6 Å². The minimum Gasteiger partial charge on any atom is -0.387 e. The summed E-state index contributed by atoms with van der Waals surface area (Å²) in [6, 6.07) is 0. The molecule has 0 aliphatic carbocycles. The third kappa shape index (κ3) is 4.27. The molecule has 76 valence electrons. The van der Waals surface area contributed by atoms with E-state index in [1.807, 2.05) is 6.92 Å². The predicted molar refractivity (Wildman–Crippen MR) is 57.1 cm³/mol. The van der Waals surface area contributed by atoms with Crippen molar-refractivity contribution in [2.45, 2.75) is 32.6 Å². The van der Waals surface area contributed by atoms with E-state index in [0.717, 1.165) is 25.2 Å². The Labute approximate surface area is 81.0 Å². The maximum Gasteiger partial charge on any atom is 0.0934 e. The SMILES string of the molecule is CCC(N)=NCCCN1CCCC1. The smallest absolute Gasteiger partial charge is 0.0934 e. The standard InChI is InChI=1S/C10H21N3/c1-2-10(11)12-6-5-9-13-7-3-4-8-13/h2-9H2,1H3,(H2,11,12). The second kappa shape index (κ2) is 5.97. The van der Waals surface area contributed by atoms with Gasteiger partial charge in [0.25, 0.3) is 0 Å². The first-order chi connectivity index (χ1) is 6.33. The first kappa shape index (κ1) is 10.5. The highest BCUT2D eigenvalue weighted by atomic mass is 15.1. The zero-order valence-corrected chi connectivity index (χ0v) is 8.63. The van der Waals surface area contributed by atoms with Gasteiger partial charge in [-0.3, -0.25) is 4.99 Å². The van der Waals surface area contributed by atoms with Gasteiger partial charge in [-0.2, -0.15) is 0 Å². The summed E-state index contributed by atoms with van der Waals surface area (Å²) in [5, 5.41) is 0. The summed E-state index contributed by atoms with van der Waals surface area (Å²) in [6.07, 6.45) is 4.78. The van der Waals surface area contributed by atoms with E-state index in [2.05, 4.69) is 9.89 Å². The number of rotatable bonds is 5. The zero-order valence-electron chi connectivity index (χ0n) is 8.63. The molecule has 0 saturated carbocycles. The lowest BCUT2D eigenvalue weighted by Gasteiger charge is -2.12. The maximum absolute atomic E-state index is 5.60. The molecule has 1 heterocycles. The van der Waals surface area contributed by atoms with Crippen molar-refractivity contribution in [1.29, 1.82) is 0 Å². The van der Waals surface area contributed by atoms with Crippen LogP contribution in [0.3, 0.4) is 0 Å². The van der Waals surface area contributed by atoms with Gasteiger partial charge in [-0.1, -0.05) is 6.92 Å². The Morgan fingerprint density at radius 2 is 2.08 bits per heavy atom. The van der Waals surface area contributed by atoms with Crippen molar-refractivity contribution in [2.75, 3.05) is 26.2 Å². The number of aliphatic imine (C=N–C) groups is 1. The molecule has 3 nitrogen and oxygen atoms in total. The van der Waals surface area contributed by atoms with Crippen LogP contribution in [0.5, 0.6) is 0 Å². The van der Waals surface area contributed by atoms with Crippen molar-refractivity contribution >= 4 is 5.84 Å². The van der Waals surface area contributed by atoms with E-state index in [1.165, 1.54) is 32.5 Å². The summed E-state index contributed by atoms with van der Waals surface area (Å²) in [4.78, 5) is 6.78. The number of nitrogens with zero attached hydrogens (tertiary/aromatic N) is 2. The Morgan fingerprint density at radius 1 is 1.38 bits per heavy atom. The third-order valence-electron chi connectivity index (χ3n) is 2.51. The van der Waals surface area contributed by atoms with Crippen molar-refractivity contribution in [3.05, 3.63) is 0 Å². The van der Waals surface area contributed by atoms with Gasteiger partial charge >= 0.3 is 0 Å². The number of nitrogens with two attached hydrogens (primary N) is 1. The van der Waals surface area contributed by atoms with Crippen LogP contribution in [0.4, 0.5) is 0 Å². The van der Waals surface area contributed by atoms with Crippen LogP contribution in [-0.4, -0.2) is 36.9 Å². The molecule has 1 aliphatic rings. The highest BCUT2D eigenvalue weighted by molar-refractivity contribution is 5.79. The van der Waals surface area contributed by atoms with E-state index in [0.29, 0.717) is 0 Å². The summed E-state index contributed by atoms with van der Waals surface area (Å²) < 4.78 is 0. The predicted octanol–water partition coefficient (Wildman–Crippen LogP) is 1.24. The molecular weight excluding hydrogens is 162 g/mol. The molecule has 1 rings (SSSR count). The quantitative estimate of drug-likeness (QED) is 0.396. The van der Waals surface area contributed by atoms with Crippen molar-refractivity contribution in [3.8, 4) is 0 Å². The topological polar surface area (TPSA) is 41.6 Å². The van der Waals surface area contributed by atoms with Gasteiger partial charge in [0.1, 0.15) is 0 Å². The van der Waals surface area contributed by atoms with Gasteiger partial charge in [0.15, 0.2) is 0 Å². The molecule has 0 spiro atoms. The van der Waals surface area contributed by atoms with Crippen LogP contribution in [0, 0.1) is 0 Å². The number of hydrogen-bond donors (Lipinski definition) is 1. The van der Waals surface area contributed by atoms with Crippen LogP contribution in [0.1, 0.15) is 32.6 Å². The highest BCUT2D eigenvalue weighted by Crippen LogP contribution is 2.07. The van der Waals surface area contributed by atoms with Gasteiger partial charge in [-0.25, -0.2) is 0 Å². The van der Waals surface area contributed by atoms with Crippen molar-refractivity contribution in [3.63, 3.8) is 0 Å². The normalized spacial score (nSPS) is 19.6. The second-order valence-corrected chi connectivity index (χ2v) is 3.63. The zero-order chi connectivity index (χ0) is 9.52. The molecule has 3 heteroatoms. The van der Waals surface area contributed by atoms with Crippen LogP contribution >= 0.6 is 0 Å². The Bertz CT molecular complexity index is 160. The molecule has 0 aromatic heterocycles. The van der Waals surface area contributed by atoms with Gasteiger partial charge in [0, 0.05) is 13.0 Å². The Balaban J connectivity index is 2.00. The molecule has 13 heavy (non-hydrogen) atoms. The van der Waals surface area contributed by atoms with Crippen LogP contribution in [0.25, 0.3) is 0 Å². The Hall–Kier alpha value is -0.570. The molecule has 1 aliphatic heterocycles. The molecule has 0 aromatic rings. The van der Waals surface area contributed by atoms with E-state index in [9.17, 15) is 0 Å². The van der Waals surface area contributed by atoms with Gasteiger partial charge in [0.2, 0.25) is 0 Å². The Morgan fingerprint density at radius 3 is 2.69 bits per heavy atom. The number of hydrogen-bond acceptors (Lipinski definition) is 2. The summed E-state index contributed by atoms with van der Waals surface area (Å²) in [6.45, 7) is 6.70. The fourth-order valence-corrected chi connectivity index (χ4v) is 1.64. The number of amidine groups is 1. The van der Waals surface area contributed by atoms with E-state index in [4.69, 9.17) is 5.73 Å². The molecule has 1 saturated heterocycles. The van der Waals surface area contributed by atoms with Crippen LogP contribution < -0.4 is 5.73 Å². The first-order valence-corrected chi connectivity index (χ1v) is 5.34. The number of likely N-dealkylation sites (tertiary alicyclic amines) is 1. The van der Waals surface area contributed by atoms with E-state index in [-0.39, 0.29) is 0 Å². The molecule has 0 atom stereocenters. The minimum absolute atomic E-state index is 0.793. The lowest BCUT2D eigenvalue weighted by Crippen LogP contribution is -2.21. The maximum atomic E-state index is 5.60. The van der Waals surface area contributed by atoms with Gasteiger partial charge in [0.05, 0.1) is 5.84 Å². The molecule has 0 unspecified atom stereocenters. The van der Waals surface area contributed by atoms with E-state index < -0.39 is 0 Å². The van der Waals surface area contributed by atoms with E-state index in [1.54, 1.807) is 0 Å². The Kier molecular flexibility index (Phi) is 4.83. The van der Waals surface area contributed by atoms with Crippen LogP contribution in [0.15, 0.2) is 4.99 Å². The lowest BCUT2D eigenvalue weighted by molar-refractivity contribution is 0.336. The summed E-state index contributed by atoms with van der Waals surface area (Å²) in [5.74, 6) is 0.793. The molecule has 0 aromatic carbocycles. The summed E-state index contributed by atoms with van der Waals surface area (Å²) in [7, 11) is 0. The lowest BCUT2D eigenvalue weighted by atomic mass is 10.4.